The Kier molecular flexibility index (Phi) is 3.65. The molecule has 1 saturated heterocycles. The molecular formula is C19H22O6. The van der Waals surface area contributed by atoms with Crippen molar-refractivity contribution in [1.82, 2.24) is 0 Å². The number of cyclic esters (lactones) is 2. The third kappa shape index (κ3) is 2.30. The molecule has 4 aliphatic rings. The first-order valence-electron chi connectivity index (χ1n) is 8.86. The van der Waals surface area contributed by atoms with Crippen LogP contribution in [0.25, 0.3) is 0 Å². The molecule has 25 heavy (non-hydrogen) atoms. The highest BCUT2D eigenvalue weighted by molar-refractivity contribution is 5.95. The predicted molar refractivity (Wildman–Crippen MR) is 85.9 cm³/mol. The van der Waals surface area contributed by atoms with E-state index in [0.29, 0.717) is 12.8 Å². The molecule has 134 valence electrons. The third-order valence-corrected chi connectivity index (χ3v) is 6.62. The van der Waals surface area contributed by atoms with Gasteiger partial charge < -0.3 is 14.6 Å². The van der Waals surface area contributed by atoms with Crippen molar-refractivity contribution in [3.05, 3.63) is 23.3 Å². The molecule has 0 radical (unpaired) electrons. The molecule has 0 aromatic rings. The molecule has 2 fully saturated rings. The molecule has 2 aliphatic carbocycles. The SMILES string of the molecule is CC1=CC(=O)C[C@@H]2[C@H]1CC[C@@H](C)[C@]21C[C@@H](C2=C[C@H](O)OC2=O)OC1=O. The molecule has 6 nitrogen and oxygen atoms in total. The van der Waals surface area contributed by atoms with Gasteiger partial charge in [-0.3, -0.25) is 9.59 Å². The standard InChI is InChI=1S/C19H22O6/c1-9-5-11(20)6-14-12(9)4-3-10(2)19(14)8-15(24-18(19)23)13-7-16(21)25-17(13)22/h5,7,10,12,14-16,21H,3-4,6,8H2,1-2H3/t10-,12+,14-,15+,16-,19-/m1/s1. The van der Waals surface area contributed by atoms with Crippen LogP contribution in [0.15, 0.2) is 23.3 Å². The van der Waals surface area contributed by atoms with Crippen molar-refractivity contribution >= 4 is 17.7 Å². The molecule has 0 aromatic heterocycles. The maximum absolute atomic E-state index is 13.0. The number of hydrogen-bond donors (Lipinski definition) is 1. The van der Waals surface area contributed by atoms with Crippen LogP contribution in [-0.4, -0.2) is 35.2 Å². The second-order valence-electron chi connectivity index (χ2n) is 7.81. The Hall–Kier alpha value is -1.95. The minimum atomic E-state index is -1.28. The summed E-state index contributed by atoms with van der Waals surface area (Å²) < 4.78 is 10.3. The zero-order valence-electron chi connectivity index (χ0n) is 14.4. The minimum Gasteiger partial charge on any atom is -0.457 e. The quantitative estimate of drug-likeness (QED) is 0.727. The second kappa shape index (κ2) is 5.53. The van der Waals surface area contributed by atoms with E-state index in [1.165, 1.54) is 6.08 Å². The van der Waals surface area contributed by atoms with E-state index in [9.17, 15) is 19.5 Å². The van der Waals surface area contributed by atoms with Crippen molar-refractivity contribution in [3.8, 4) is 0 Å². The summed E-state index contributed by atoms with van der Waals surface area (Å²) in [6.07, 6.45) is 3.58. The molecule has 0 bridgehead atoms. The zero-order valence-corrected chi connectivity index (χ0v) is 14.4. The van der Waals surface area contributed by atoms with Crippen LogP contribution in [0.2, 0.25) is 0 Å². The summed E-state index contributed by atoms with van der Waals surface area (Å²) in [5, 5.41) is 9.49. The Bertz CT molecular complexity index is 719. The third-order valence-electron chi connectivity index (χ3n) is 6.62. The number of aliphatic hydroxyl groups excluding tert-OH is 1. The zero-order chi connectivity index (χ0) is 17.9. The van der Waals surface area contributed by atoms with Gasteiger partial charge in [-0.25, -0.2) is 4.79 Å². The topological polar surface area (TPSA) is 89.9 Å². The van der Waals surface area contributed by atoms with Gasteiger partial charge >= 0.3 is 11.9 Å². The lowest BCUT2D eigenvalue weighted by Gasteiger charge is -2.49. The van der Waals surface area contributed by atoms with Crippen molar-refractivity contribution in [2.24, 2.45) is 23.2 Å². The lowest BCUT2D eigenvalue weighted by Crippen LogP contribution is -2.50. The van der Waals surface area contributed by atoms with E-state index in [-0.39, 0.29) is 35.1 Å². The van der Waals surface area contributed by atoms with Crippen LogP contribution >= 0.6 is 0 Å². The van der Waals surface area contributed by atoms with Crippen molar-refractivity contribution in [2.45, 2.75) is 51.9 Å². The van der Waals surface area contributed by atoms with E-state index in [2.05, 4.69) is 0 Å². The molecule has 4 rings (SSSR count). The molecule has 6 atom stereocenters. The fourth-order valence-electron chi connectivity index (χ4n) is 5.34. The van der Waals surface area contributed by atoms with E-state index in [1.807, 2.05) is 13.8 Å². The molecule has 1 N–H and O–H groups in total. The summed E-state index contributed by atoms with van der Waals surface area (Å²) in [5.74, 6) is -0.716. The van der Waals surface area contributed by atoms with Gasteiger partial charge in [0, 0.05) is 12.8 Å². The molecule has 2 heterocycles. The van der Waals surface area contributed by atoms with E-state index >= 15 is 0 Å². The van der Waals surface area contributed by atoms with Crippen LogP contribution in [0, 0.1) is 23.2 Å². The number of carbonyl (C=O) groups is 3. The number of fused-ring (bicyclic) bond motifs is 2. The summed E-state index contributed by atoms with van der Waals surface area (Å²) in [6, 6.07) is 0. The van der Waals surface area contributed by atoms with Gasteiger partial charge in [0.05, 0.1) is 11.0 Å². The van der Waals surface area contributed by atoms with E-state index in [0.717, 1.165) is 18.4 Å². The monoisotopic (exact) mass is 346 g/mol. The molecule has 0 amide bonds. The molecule has 2 aliphatic heterocycles. The first kappa shape index (κ1) is 16.5. The van der Waals surface area contributed by atoms with Crippen LogP contribution in [-0.2, 0) is 23.9 Å². The highest BCUT2D eigenvalue weighted by atomic mass is 16.6. The summed E-state index contributed by atoms with van der Waals surface area (Å²) in [7, 11) is 0. The molecule has 0 aromatic carbocycles. The lowest BCUT2D eigenvalue weighted by atomic mass is 9.52. The Balaban J connectivity index is 1.71. The van der Waals surface area contributed by atoms with Gasteiger partial charge in [-0.1, -0.05) is 12.5 Å². The Morgan fingerprint density at radius 1 is 1.20 bits per heavy atom. The number of rotatable bonds is 1. The maximum Gasteiger partial charge on any atom is 0.340 e. The number of ketones is 1. The number of esters is 2. The van der Waals surface area contributed by atoms with Crippen LogP contribution < -0.4 is 0 Å². The van der Waals surface area contributed by atoms with Crippen LogP contribution in [0.1, 0.15) is 39.5 Å². The lowest BCUT2D eigenvalue weighted by molar-refractivity contribution is -0.158. The van der Waals surface area contributed by atoms with Gasteiger partial charge in [-0.2, -0.15) is 0 Å². The molecule has 1 saturated carbocycles. The second-order valence-corrected chi connectivity index (χ2v) is 7.81. The van der Waals surface area contributed by atoms with Crippen molar-refractivity contribution in [2.75, 3.05) is 0 Å². The first-order valence-corrected chi connectivity index (χ1v) is 8.86. The van der Waals surface area contributed by atoms with E-state index in [4.69, 9.17) is 9.47 Å². The molecule has 0 unspecified atom stereocenters. The first-order chi connectivity index (χ1) is 11.8. The highest BCUT2D eigenvalue weighted by Crippen LogP contribution is 2.59. The van der Waals surface area contributed by atoms with Gasteiger partial charge in [0.25, 0.3) is 0 Å². The summed E-state index contributed by atoms with van der Waals surface area (Å²) in [4.78, 5) is 37.1. The van der Waals surface area contributed by atoms with Gasteiger partial charge in [0.1, 0.15) is 6.10 Å². The normalized spacial score (nSPS) is 43.5. The van der Waals surface area contributed by atoms with Crippen LogP contribution in [0.5, 0.6) is 0 Å². The average Bonchev–Trinajstić information content (AvgIpc) is 3.04. The highest BCUT2D eigenvalue weighted by Gasteiger charge is 2.62. The number of carbonyl (C=O) groups excluding carboxylic acids is 3. The smallest absolute Gasteiger partial charge is 0.340 e. The largest absolute Gasteiger partial charge is 0.457 e. The van der Waals surface area contributed by atoms with Crippen molar-refractivity contribution in [1.29, 1.82) is 0 Å². The molecular weight excluding hydrogens is 324 g/mol. The number of allylic oxidation sites excluding steroid dienone is 2. The van der Waals surface area contributed by atoms with Crippen LogP contribution in [0.4, 0.5) is 0 Å². The maximum atomic E-state index is 13.0. The fourth-order valence-corrected chi connectivity index (χ4v) is 5.34. The van der Waals surface area contributed by atoms with Crippen molar-refractivity contribution in [3.63, 3.8) is 0 Å². The number of hydrogen-bond acceptors (Lipinski definition) is 6. The van der Waals surface area contributed by atoms with Crippen LogP contribution in [0.3, 0.4) is 0 Å². The predicted octanol–water partition coefficient (Wildman–Crippen LogP) is 1.67. The summed E-state index contributed by atoms with van der Waals surface area (Å²) in [5.41, 5.74) is 0.494. The summed E-state index contributed by atoms with van der Waals surface area (Å²) >= 11 is 0. The summed E-state index contributed by atoms with van der Waals surface area (Å²) in [6.45, 7) is 4.00. The fraction of sp³-hybridized carbons (Fsp3) is 0.632. The average molecular weight is 346 g/mol. The van der Waals surface area contributed by atoms with Gasteiger partial charge in [0.15, 0.2) is 5.78 Å². The van der Waals surface area contributed by atoms with Gasteiger partial charge in [-0.05, 0) is 49.7 Å². The Morgan fingerprint density at radius 3 is 2.64 bits per heavy atom. The van der Waals surface area contributed by atoms with Crippen molar-refractivity contribution < 1.29 is 29.0 Å². The molecule has 1 spiro atoms. The Morgan fingerprint density at radius 2 is 1.96 bits per heavy atom. The van der Waals surface area contributed by atoms with E-state index in [1.54, 1.807) is 6.08 Å². The van der Waals surface area contributed by atoms with Gasteiger partial charge in [-0.15, -0.1) is 0 Å². The minimum absolute atomic E-state index is 0.0541. The van der Waals surface area contributed by atoms with Gasteiger partial charge in [0.2, 0.25) is 6.29 Å². The molecule has 6 heteroatoms. The number of aliphatic hydroxyl groups is 1. The van der Waals surface area contributed by atoms with E-state index < -0.39 is 23.8 Å². The number of ether oxygens (including phenoxy) is 2. The Labute approximate surface area is 145 Å².